The highest BCUT2D eigenvalue weighted by molar-refractivity contribution is 6.30. The van der Waals surface area contributed by atoms with E-state index < -0.39 is 0 Å². The molecule has 1 heterocycles. The Balaban J connectivity index is 1.56. The van der Waals surface area contributed by atoms with Gasteiger partial charge in [0.05, 0.1) is 17.3 Å². The zero-order chi connectivity index (χ0) is 17.8. The number of carbonyl (C=O) groups excluding carboxylic acids is 1. The maximum atomic E-state index is 12.5. The fraction of sp³-hybridized carbons (Fsp3) is 0.579. The number of hydrogen-bond acceptors (Lipinski definition) is 4. The van der Waals surface area contributed by atoms with Gasteiger partial charge in [0.2, 0.25) is 5.91 Å². The van der Waals surface area contributed by atoms with Gasteiger partial charge in [-0.15, -0.1) is 0 Å². The van der Waals surface area contributed by atoms with E-state index in [-0.39, 0.29) is 11.9 Å². The second kappa shape index (κ2) is 8.07. The monoisotopic (exact) mass is 360 g/mol. The SMILES string of the molecule is CC(C(=O)NC1CCCC1)N1CCN(c2ccc(Cl)cc2C#N)CC1. The van der Waals surface area contributed by atoms with Crippen LogP contribution in [0.15, 0.2) is 18.2 Å². The molecule has 25 heavy (non-hydrogen) atoms. The molecule has 2 aliphatic rings. The number of halogens is 1. The van der Waals surface area contributed by atoms with Crippen molar-refractivity contribution >= 4 is 23.2 Å². The van der Waals surface area contributed by atoms with Crippen molar-refractivity contribution in [2.75, 3.05) is 31.1 Å². The standard InChI is InChI=1S/C19H25ClN4O/c1-14(19(25)22-17-4-2-3-5-17)23-8-10-24(11-9-23)18-7-6-16(20)12-15(18)13-21/h6-7,12,14,17H,2-5,8-11H2,1H3,(H,22,25). The minimum absolute atomic E-state index is 0.108. The van der Waals surface area contributed by atoms with Crippen molar-refractivity contribution in [1.82, 2.24) is 10.2 Å². The van der Waals surface area contributed by atoms with Crippen LogP contribution in [-0.2, 0) is 4.79 Å². The third-order valence-corrected chi connectivity index (χ3v) is 5.60. The second-order valence-electron chi connectivity index (χ2n) is 6.96. The van der Waals surface area contributed by atoms with Crippen LogP contribution in [0.25, 0.3) is 0 Å². The van der Waals surface area contributed by atoms with Crippen LogP contribution >= 0.6 is 11.6 Å². The summed E-state index contributed by atoms with van der Waals surface area (Å²) in [7, 11) is 0. The van der Waals surface area contributed by atoms with Gasteiger partial charge < -0.3 is 10.2 Å². The van der Waals surface area contributed by atoms with Crippen molar-refractivity contribution in [2.24, 2.45) is 0 Å². The van der Waals surface area contributed by atoms with E-state index in [1.807, 2.05) is 19.1 Å². The summed E-state index contributed by atoms with van der Waals surface area (Å²) in [6, 6.07) is 7.92. The molecule has 1 aliphatic heterocycles. The van der Waals surface area contributed by atoms with Gasteiger partial charge in [-0.25, -0.2) is 0 Å². The molecule has 0 aromatic heterocycles. The van der Waals surface area contributed by atoms with Crippen molar-refractivity contribution in [3.05, 3.63) is 28.8 Å². The number of nitrogens with one attached hydrogen (secondary N) is 1. The van der Waals surface area contributed by atoms with Crippen molar-refractivity contribution in [3.8, 4) is 6.07 Å². The predicted molar refractivity (Wildman–Crippen MR) is 99.8 cm³/mol. The molecule has 0 radical (unpaired) electrons. The highest BCUT2D eigenvalue weighted by Gasteiger charge is 2.28. The summed E-state index contributed by atoms with van der Waals surface area (Å²) < 4.78 is 0. The van der Waals surface area contributed by atoms with Crippen LogP contribution in [0.5, 0.6) is 0 Å². The van der Waals surface area contributed by atoms with E-state index in [1.165, 1.54) is 12.8 Å². The number of nitriles is 1. The highest BCUT2D eigenvalue weighted by atomic mass is 35.5. The van der Waals surface area contributed by atoms with Crippen LogP contribution in [0.3, 0.4) is 0 Å². The summed E-state index contributed by atoms with van der Waals surface area (Å²) in [6.45, 7) is 5.22. The molecular weight excluding hydrogens is 336 g/mol. The Labute approximate surface area is 154 Å². The van der Waals surface area contributed by atoms with Crippen molar-refractivity contribution in [2.45, 2.75) is 44.7 Å². The molecule has 134 valence electrons. The largest absolute Gasteiger partial charge is 0.368 e. The lowest BCUT2D eigenvalue weighted by Crippen LogP contribution is -2.55. The topological polar surface area (TPSA) is 59.4 Å². The fourth-order valence-corrected chi connectivity index (χ4v) is 3.95. The fourth-order valence-electron chi connectivity index (χ4n) is 3.78. The van der Waals surface area contributed by atoms with Crippen LogP contribution in [-0.4, -0.2) is 49.1 Å². The van der Waals surface area contributed by atoms with Gasteiger partial charge in [0, 0.05) is 37.2 Å². The molecule has 2 fully saturated rings. The van der Waals surface area contributed by atoms with Gasteiger partial charge in [-0.05, 0) is 38.0 Å². The molecule has 6 heteroatoms. The Morgan fingerprint density at radius 1 is 1.28 bits per heavy atom. The van der Waals surface area contributed by atoms with E-state index in [0.717, 1.165) is 44.7 Å². The molecule has 1 atom stereocenters. The lowest BCUT2D eigenvalue weighted by molar-refractivity contribution is -0.126. The van der Waals surface area contributed by atoms with Gasteiger partial charge >= 0.3 is 0 Å². The average Bonchev–Trinajstić information content (AvgIpc) is 3.14. The summed E-state index contributed by atoms with van der Waals surface area (Å²) in [5, 5.41) is 13.1. The number of hydrogen-bond donors (Lipinski definition) is 1. The summed E-state index contributed by atoms with van der Waals surface area (Å²) >= 11 is 5.98. The number of benzene rings is 1. The van der Waals surface area contributed by atoms with Crippen molar-refractivity contribution in [3.63, 3.8) is 0 Å². The highest BCUT2D eigenvalue weighted by Crippen LogP contribution is 2.25. The summed E-state index contributed by atoms with van der Waals surface area (Å²) in [6.07, 6.45) is 4.67. The first-order valence-electron chi connectivity index (χ1n) is 9.07. The number of piperazine rings is 1. The molecule has 3 rings (SSSR count). The van der Waals surface area contributed by atoms with Gasteiger partial charge in [0.15, 0.2) is 0 Å². The molecule has 1 amide bonds. The van der Waals surface area contributed by atoms with Crippen LogP contribution in [0.1, 0.15) is 38.2 Å². The maximum Gasteiger partial charge on any atom is 0.237 e. The summed E-state index contributed by atoms with van der Waals surface area (Å²) in [5.41, 5.74) is 1.53. The minimum atomic E-state index is -0.108. The number of carbonyl (C=O) groups is 1. The second-order valence-corrected chi connectivity index (χ2v) is 7.40. The van der Waals surface area contributed by atoms with E-state index in [9.17, 15) is 10.1 Å². The minimum Gasteiger partial charge on any atom is -0.368 e. The van der Waals surface area contributed by atoms with E-state index in [1.54, 1.807) is 6.07 Å². The van der Waals surface area contributed by atoms with Crippen LogP contribution in [0, 0.1) is 11.3 Å². The van der Waals surface area contributed by atoms with E-state index in [0.29, 0.717) is 16.6 Å². The third kappa shape index (κ3) is 4.26. The Hall–Kier alpha value is -1.77. The molecule has 1 saturated heterocycles. The Kier molecular flexibility index (Phi) is 5.82. The number of anilines is 1. The quantitative estimate of drug-likeness (QED) is 0.897. The van der Waals surface area contributed by atoms with E-state index in [4.69, 9.17) is 11.6 Å². The molecule has 5 nitrogen and oxygen atoms in total. The molecule has 1 aromatic carbocycles. The van der Waals surface area contributed by atoms with Gasteiger partial charge in [0.1, 0.15) is 6.07 Å². The first-order valence-corrected chi connectivity index (χ1v) is 9.45. The van der Waals surface area contributed by atoms with Crippen LogP contribution in [0.4, 0.5) is 5.69 Å². The molecule has 1 N–H and O–H groups in total. The smallest absolute Gasteiger partial charge is 0.237 e. The normalized spacial score (nSPS) is 20.3. The Morgan fingerprint density at radius 3 is 2.60 bits per heavy atom. The van der Waals surface area contributed by atoms with Crippen LogP contribution in [0.2, 0.25) is 5.02 Å². The van der Waals surface area contributed by atoms with Crippen molar-refractivity contribution in [1.29, 1.82) is 5.26 Å². The zero-order valence-electron chi connectivity index (χ0n) is 14.7. The number of amides is 1. The molecule has 1 aliphatic carbocycles. The third-order valence-electron chi connectivity index (χ3n) is 5.36. The lowest BCUT2D eigenvalue weighted by atomic mass is 10.1. The molecule has 1 unspecified atom stereocenters. The Bertz CT molecular complexity index is 658. The molecular formula is C19H25ClN4O. The number of rotatable bonds is 4. The first kappa shape index (κ1) is 18.0. The van der Waals surface area contributed by atoms with E-state index in [2.05, 4.69) is 21.2 Å². The molecule has 0 bridgehead atoms. The predicted octanol–water partition coefficient (Wildman–Crippen LogP) is 2.78. The Morgan fingerprint density at radius 2 is 1.96 bits per heavy atom. The summed E-state index contributed by atoms with van der Waals surface area (Å²) in [4.78, 5) is 16.9. The van der Waals surface area contributed by atoms with Gasteiger partial charge in [-0.2, -0.15) is 5.26 Å². The van der Waals surface area contributed by atoms with Gasteiger partial charge in [-0.1, -0.05) is 24.4 Å². The van der Waals surface area contributed by atoms with Crippen molar-refractivity contribution < 1.29 is 4.79 Å². The summed E-state index contributed by atoms with van der Waals surface area (Å²) in [5.74, 6) is 0.143. The van der Waals surface area contributed by atoms with E-state index >= 15 is 0 Å². The molecule has 1 aromatic rings. The van der Waals surface area contributed by atoms with Gasteiger partial charge in [0.25, 0.3) is 0 Å². The lowest BCUT2D eigenvalue weighted by Gasteiger charge is -2.39. The average molecular weight is 361 g/mol. The zero-order valence-corrected chi connectivity index (χ0v) is 15.4. The first-order chi connectivity index (χ1) is 12.1. The van der Waals surface area contributed by atoms with Crippen LogP contribution < -0.4 is 10.2 Å². The molecule has 1 saturated carbocycles. The van der Waals surface area contributed by atoms with Gasteiger partial charge in [-0.3, -0.25) is 9.69 Å². The molecule has 0 spiro atoms. The maximum absolute atomic E-state index is 12.5. The number of nitrogens with zero attached hydrogens (tertiary/aromatic N) is 3.